The van der Waals surface area contributed by atoms with Gasteiger partial charge in [0.1, 0.15) is 5.69 Å². The van der Waals surface area contributed by atoms with Crippen LogP contribution in [-0.4, -0.2) is 53.7 Å². The van der Waals surface area contributed by atoms with Crippen LogP contribution in [0, 0.1) is 5.92 Å². The first-order valence-corrected chi connectivity index (χ1v) is 12.8. The lowest BCUT2D eigenvalue weighted by Gasteiger charge is -2.32. The van der Waals surface area contributed by atoms with E-state index in [1.54, 1.807) is 11.3 Å². The van der Waals surface area contributed by atoms with Gasteiger partial charge in [0, 0.05) is 45.2 Å². The van der Waals surface area contributed by atoms with E-state index in [4.69, 9.17) is 0 Å². The van der Waals surface area contributed by atoms with E-state index in [9.17, 15) is 4.79 Å². The first-order valence-electron chi connectivity index (χ1n) is 12.0. The molecular formula is C26H31N5OS. The van der Waals surface area contributed by atoms with Crippen LogP contribution < -0.4 is 10.2 Å². The maximum Gasteiger partial charge on any atom is 0.223 e. The van der Waals surface area contributed by atoms with E-state index in [-0.39, 0.29) is 11.8 Å². The second-order valence-corrected chi connectivity index (χ2v) is 9.90. The summed E-state index contributed by atoms with van der Waals surface area (Å²) in [5.41, 5.74) is 3.85. The molecule has 33 heavy (non-hydrogen) atoms. The third kappa shape index (κ3) is 5.42. The number of anilines is 1. The molecule has 5 rings (SSSR count). The summed E-state index contributed by atoms with van der Waals surface area (Å²) in [4.78, 5) is 18.5. The van der Waals surface area contributed by atoms with Crippen LogP contribution in [0.4, 0.5) is 5.82 Å². The van der Waals surface area contributed by atoms with Gasteiger partial charge in [0.25, 0.3) is 0 Å². The molecule has 7 heteroatoms. The number of piperidine rings is 1. The Kier molecular flexibility index (Phi) is 6.98. The van der Waals surface area contributed by atoms with Gasteiger partial charge in [-0.2, -0.15) is 0 Å². The molecule has 1 aromatic carbocycles. The number of carbonyl (C=O) groups is 1. The second-order valence-electron chi connectivity index (χ2n) is 8.95. The minimum Gasteiger partial charge on any atom is -0.356 e. The minimum atomic E-state index is 0.0986. The fourth-order valence-corrected chi connectivity index (χ4v) is 5.51. The molecule has 0 spiro atoms. The standard InChI is InChI=1S/C26H31N5OS/c32-26(27-13-4-14-30-15-10-20-5-1-2-6-22(20)19-30)21-11-16-31(17-12-21)25-9-8-23(28-29-25)24-7-3-18-33-24/h1-3,5-9,18,21H,4,10-17,19H2,(H,27,32). The van der Waals surface area contributed by atoms with Crippen molar-refractivity contribution in [2.75, 3.05) is 37.6 Å². The predicted octanol–water partition coefficient (Wildman–Crippen LogP) is 3.99. The number of hydrogen-bond acceptors (Lipinski definition) is 6. The summed E-state index contributed by atoms with van der Waals surface area (Å²) in [6.07, 6.45) is 3.85. The highest BCUT2D eigenvalue weighted by Crippen LogP contribution is 2.25. The van der Waals surface area contributed by atoms with Crippen molar-refractivity contribution in [1.82, 2.24) is 20.4 Å². The molecule has 2 aliphatic heterocycles. The highest BCUT2D eigenvalue weighted by atomic mass is 32.1. The number of thiophene rings is 1. The van der Waals surface area contributed by atoms with E-state index < -0.39 is 0 Å². The van der Waals surface area contributed by atoms with Gasteiger partial charge in [-0.25, -0.2) is 0 Å². The van der Waals surface area contributed by atoms with Crippen LogP contribution in [0.15, 0.2) is 53.9 Å². The van der Waals surface area contributed by atoms with E-state index in [1.165, 1.54) is 11.1 Å². The number of nitrogens with one attached hydrogen (secondary N) is 1. The lowest BCUT2D eigenvalue weighted by atomic mass is 9.96. The van der Waals surface area contributed by atoms with Gasteiger partial charge in [0.15, 0.2) is 5.82 Å². The van der Waals surface area contributed by atoms with Gasteiger partial charge >= 0.3 is 0 Å². The number of carbonyl (C=O) groups excluding carboxylic acids is 1. The van der Waals surface area contributed by atoms with Crippen LogP contribution in [-0.2, 0) is 17.8 Å². The van der Waals surface area contributed by atoms with Gasteiger partial charge in [-0.3, -0.25) is 9.69 Å². The number of hydrogen-bond donors (Lipinski definition) is 1. The summed E-state index contributed by atoms with van der Waals surface area (Å²) in [6, 6.07) is 16.9. The third-order valence-corrected chi connectivity index (χ3v) is 7.67. The van der Waals surface area contributed by atoms with Crippen LogP contribution >= 0.6 is 11.3 Å². The van der Waals surface area contributed by atoms with Gasteiger partial charge < -0.3 is 10.2 Å². The average Bonchev–Trinajstić information content (AvgIpc) is 3.42. The first kappa shape index (κ1) is 22.0. The molecule has 0 unspecified atom stereocenters. The second kappa shape index (κ2) is 10.4. The number of benzene rings is 1. The van der Waals surface area contributed by atoms with Crippen LogP contribution in [0.25, 0.3) is 10.6 Å². The Hall–Kier alpha value is -2.77. The normalized spacial score (nSPS) is 17.0. The molecule has 1 saturated heterocycles. The molecule has 0 radical (unpaired) electrons. The highest BCUT2D eigenvalue weighted by molar-refractivity contribution is 7.13. The van der Waals surface area contributed by atoms with Crippen molar-refractivity contribution in [3.63, 3.8) is 0 Å². The summed E-state index contributed by atoms with van der Waals surface area (Å²) in [5.74, 6) is 1.21. The minimum absolute atomic E-state index is 0.0986. The Morgan fingerprint density at radius 1 is 1.00 bits per heavy atom. The van der Waals surface area contributed by atoms with Gasteiger partial charge in [0.05, 0.1) is 4.88 Å². The molecule has 0 atom stereocenters. The summed E-state index contributed by atoms with van der Waals surface area (Å²) in [5, 5.41) is 14.0. The number of fused-ring (bicyclic) bond motifs is 1. The zero-order valence-corrected chi connectivity index (χ0v) is 19.8. The van der Waals surface area contributed by atoms with Crippen molar-refractivity contribution in [2.24, 2.45) is 5.92 Å². The van der Waals surface area contributed by atoms with E-state index in [0.29, 0.717) is 0 Å². The molecule has 3 aromatic rings. The molecule has 2 aromatic heterocycles. The SMILES string of the molecule is O=C(NCCCN1CCc2ccccc2C1)C1CCN(c2ccc(-c3cccs3)nn2)CC1. The summed E-state index contributed by atoms with van der Waals surface area (Å²) in [7, 11) is 0. The topological polar surface area (TPSA) is 61.4 Å². The molecular weight excluding hydrogens is 430 g/mol. The third-order valence-electron chi connectivity index (χ3n) is 6.77. The summed E-state index contributed by atoms with van der Waals surface area (Å²) < 4.78 is 0. The molecule has 0 aliphatic carbocycles. The smallest absolute Gasteiger partial charge is 0.223 e. The molecule has 2 aliphatic rings. The maximum atomic E-state index is 12.7. The van der Waals surface area contributed by atoms with Crippen LogP contribution in [0.5, 0.6) is 0 Å². The zero-order chi connectivity index (χ0) is 22.5. The molecule has 1 amide bonds. The fourth-order valence-electron chi connectivity index (χ4n) is 4.82. The lowest BCUT2D eigenvalue weighted by molar-refractivity contribution is -0.125. The molecule has 0 saturated carbocycles. The predicted molar refractivity (Wildman–Crippen MR) is 133 cm³/mol. The van der Waals surface area contributed by atoms with E-state index in [2.05, 4.69) is 55.6 Å². The number of amides is 1. The number of nitrogens with zero attached hydrogens (tertiary/aromatic N) is 4. The Balaban J connectivity index is 1.02. The number of aromatic nitrogens is 2. The van der Waals surface area contributed by atoms with Gasteiger partial charge in [-0.05, 0) is 60.4 Å². The lowest BCUT2D eigenvalue weighted by Crippen LogP contribution is -2.41. The Bertz CT molecular complexity index is 1040. The quantitative estimate of drug-likeness (QED) is 0.539. The summed E-state index contributed by atoms with van der Waals surface area (Å²) in [6.45, 7) is 5.62. The largest absolute Gasteiger partial charge is 0.356 e. The zero-order valence-electron chi connectivity index (χ0n) is 18.9. The Labute approximate surface area is 199 Å². The molecule has 172 valence electrons. The summed E-state index contributed by atoms with van der Waals surface area (Å²) >= 11 is 1.67. The van der Waals surface area contributed by atoms with Crippen molar-refractivity contribution in [3.8, 4) is 10.6 Å². The van der Waals surface area contributed by atoms with Crippen molar-refractivity contribution < 1.29 is 4.79 Å². The molecule has 4 heterocycles. The Morgan fingerprint density at radius 3 is 2.61 bits per heavy atom. The first-order chi connectivity index (χ1) is 16.3. The van der Waals surface area contributed by atoms with Gasteiger partial charge in [-0.1, -0.05) is 30.3 Å². The fraction of sp³-hybridized carbons (Fsp3) is 0.423. The maximum absolute atomic E-state index is 12.7. The highest BCUT2D eigenvalue weighted by Gasteiger charge is 2.25. The van der Waals surface area contributed by atoms with E-state index >= 15 is 0 Å². The van der Waals surface area contributed by atoms with Crippen LogP contribution in [0.1, 0.15) is 30.4 Å². The average molecular weight is 462 g/mol. The molecule has 6 nitrogen and oxygen atoms in total. The van der Waals surface area contributed by atoms with Gasteiger partial charge in [-0.15, -0.1) is 21.5 Å². The van der Waals surface area contributed by atoms with Gasteiger partial charge in [0.2, 0.25) is 5.91 Å². The Morgan fingerprint density at radius 2 is 1.85 bits per heavy atom. The van der Waals surface area contributed by atoms with Crippen LogP contribution in [0.3, 0.4) is 0 Å². The monoisotopic (exact) mass is 461 g/mol. The van der Waals surface area contributed by atoms with E-state index in [0.717, 1.165) is 81.3 Å². The van der Waals surface area contributed by atoms with Crippen molar-refractivity contribution in [1.29, 1.82) is 0 Å². The van der Waals surface area contributed by atoms with Crippen molar-refractivity contribution >= 4 is 23.1 Å². The van der Waals surface area contributed by atoms with Crippen LogP contribution in [0.2, 0.25) is 0 Å². The molecule has 1 fully saturated rings. The number of rotatable bonds is 7. The van der Waals surface area contributed by atoms with Crippen molar-refractivity contribution in [2.45, 2.75) is 32.2 Å². The van der Waals surface area contributed by atoms with Crippen molar-refractivity contribution in [3.05, 3.63) is 65.0 Å². The molecule has 1 N–H and O–H groups in total. The van der Waals surface area contributed by atoms with E-state index in [1.807, 2.05) is 23.6 Å². The molecule has 0 bridgehead atoms.